The summed E-state index contributed by atoms with van der Waals surface area (Å²) in [7, 11) is 0. The van der Waals surface area contributed by atoms with Crippen LogP contribution >= 0.6 is 11.3 Å². The Bertz CT molecular complexity index is 411. The molecule has 0 aliphatic carbocycles. The molecule has 0 spiro atoms. The zero-order valence-electron chi connectivity index (χ0n) is 6.84. The quantitative estimate of drug-likeness (QED) is 0.533. The second kappa shape index (κ2) is 3.06. The summed E-state index contributed by atoms with van der Waals surface area (Å²) in [6.07, 6.45) is 0. The van der Waals surface area contributed by atoms with Gasteiger partial charge in [-0.1, -0.05) is 41.7 Å². The van der Waals surface area contributed by atoms with Crippen molar-refractivity contribution in [1.29, 1.82) is 0 Å². The standard InChI is InChI=1S/C9H8N2OS/c10-9-11(12)8(6-13-9)7-4-2-1-3-5-7/h1-6,10,12H/p+1. The Hall–Kier alpha value is -1.55. The van der Waals surface area contributed by atoms with E-state index in [-0.39, 0.29) is 0 Å². The molecule has 0 bridgehead atoms. The predicted octanol–water partition coefficient (Wildman–Crippen LogP) is 1.52. The van der Waals surface area contributed by atoms with E-state index in [4.69, 9.17) is 5.73 Å². The molecule has 0 amide bonds. The lowest BCUT2D eigenvalue weighted by Gasteiger charge is -1.94. The first-order chi connectivity index (χ1) is 6.29. The number of hydrogen-bond donors (Lipinski definition) is 2. The molecule has 66 valence electrons. The zero-order chi connectivity index (χ0) is 9.26. The number of hydrogen-bond acceptors (Lipinski definition) is 3. The number of nitrogens with two attached hydrogens (primary N) is 1. The van der Waals surface area contributed by atoms with E-state index < -0.39 is 0 Å². The van der Waals surface area contributed by atoms with Crippen molar-refractivity contribution in [2.45, 2.75) is 0 Å². The first kappa shape index (κ1) is 8.07. The van der Waals surface area contributed by atoms with Crippen LogP contribution in [0.25, 0.3) is 11.3 Å². The normalized spacial score (nSPS) is 10.2. The minimum Gasteiger partial charge on any atom is -0.348 e. The highest BCUT2D eigenvalue weighted by atomic mass is 32.1. The summed E-state index contributed by atoms with van der Waals surface area (Å²) < 4.78 is 1.00. The van der Waals surface area contributed by atoms with Gasteiger partial charge in [0, 0.05) is 5.56 Å². The van der Waals surface area contributed by atoms with Crippen LogP contribution in [0, 0.1) is 0 Å². The second-order valence-electron chi connectivity index (χ2n) is 2.64. The lowest BCUT2D eigenvalue weighted by molar-refractivity contribution is -0.881. The topological polar surface area (TPSA) is 50.1 Å². The van der Waals surface area contributed by atoms with Crippen molar-refractivity contribution in [3.63, 3.8) is 0 Å². The molecule has 0 saturated heterocycles. The van der Waals surface area contributed by atoms with Crippen LogP contribution in [-0.2, 0) is 0 Å². The van der Waals surface area contributed by atoms with Crippen molar-refractivity contribution in [3.05, 3.63) is 35.7 Å². The Labute approximate surface area is 79.6 Å². The van der Waals surface area contributed by atoms with Crippen LogP contribution in [0.1, 0.15) is 0 Å². The third-order valence-electron chi connectivity index (χ3n) is 1.80. The van der Waals surface area contributed by atoms with Gasteiger partial charge in [0.05, 0.1) is 5.38 Å². The molecule has 0 radical (unpaired) electrons. The van der Waals surface area contributed by atoms with E-state index in [0.29, 0.717) is 5.13 Å². The fraction of sp³-hybridized carbons (Fsp3) is 0. The third-order valence-corrected chi connectivity index (χ3v) is 2.55. The van der Waals surface area contributed by atoms with Gasteiger partial charge in [0.2, 0.25) is 0 Å². The van der Waals surface area contributed by atoms with Crippen LogP contribution in [0.15, 0.2) is 35.7 Å². The van der Waals surface area contributed by atoms with E-state index in [1.54, 1.807) is 0 Å². The van der Waals surface area contributed by atoms with Crippen LogP contribution in [0.5, 0.6) is 0 Å². The van der Waals surface area contributed by atoms with Gasteiger partial charge in [-0.2, -0.15) is 0 Å². The number of nitrogen functional groups attached to an aromatic ring is 1. The summed E-state index contributed by atoms with van der Waals surface area (Å²) in [4.78, 5) is 0. The summed E-state index contributed by atoms with van der Waals surface area (Å²) in [5.74, 6) is 0. The highest BCUT2D eigenvalue weighted by Gasteiger charge is 2.14. The first-order valence-corrected chi connectivity index (χ1v) is 4.70. The molecule has 0 aliphatic heterocycles. The van der Waals surface area contributed by atoms with Crippen molar-refractivity contribution in [3.8, 4) is 11.3 Å². The minimum atomic E-state index is 0.388. The number of anilines is 1. The predicted molar refractivity (Wildman–Crippen MR) is 51.5 cm³/mol. The molecule has 1 heterocycles. The molecule has 0 aliphatic rings. The number of benzene rings is 1. The Balaban J connectivity index is 2.53. The molecule has 1 aromatic heterocycles. The van der Waals surface area contributed by atoms with Crippen LogP contribution in [-0.4, -0.2) is 5.21 Å². The molecule has 0 unspecified atom stereocenters. The smallest absolute Gasteiger partial charge is 0.348 e. The molecule has 13 heavy (non-hydrogen) atoms. The SMILES string of the molecule is Nc1scc(-c2ccccc2)[n+]1O. The van der Waals surface area contributed by atoms with Gasteiger partial charge in [0.1, 0.15) is 0 Å². The molecular formula is C9H9N2OS+. The largest absolute Gasteiger partial charge is 0.371 e. The van der Waals surface area contributed by atoms with Gasteiger partial charge in [-0.3, -0.25) is 5.73 Å². The summed E-state index contributed by atoms with van der Waals surface area (Å²) in [6, 6.07) is 9.62. The molecule has 2 aromatic rings. The monoisotopic (exact) mass is 193 g/mol. The number of thiazole rings is 1. The average Bonchev–Trinajstić information content (AvgIpc) is 2.49. The van der Waals surface area contributed by atoms with Gasteiger partial charge < -0.3 is 5.21 Å². The van der Waals surface area contributed by atoms with Crippen molar-refractivity contribution < 1.29 is 9.94 Å². The molecule has 3 nitrogen and oxygen atoms in total. The van der Waals surface area contributed by atoms with Crippen molar-refractivity contribution in [1.82, 2.24) is 0 Å². The van der Waals surface area contributed by atoms with Gasteiger partial charge in [-0.15, -0.1) is 0 Å². The molecule has 4 heteroatoms. The van der Waals surface area contributed by atoms with E-state index >= 15 is 0 Å². The summed E-state index contributed by atoms with van der Waals surface area (Å²) in [5.41, 5.74) is 7.19. The fourth-order valence-electron chi connectivity index (χ4n) is 1.13. The maximum absolute atomic E-state index is 9.49. The van der Waals surface area contributed by atoms with Crippen molar-refractivity contribution in [2.75, 3.05) is 5.73 Å². The number of nitrogens with zero attached hydrogens (tertiary/aromatic N) is 1. The van der Waals surface area contributed by atoms with E-state index in [9.17, 15) is 5.21 Å². The molecule has 1 aromatic carbocycles. The molecule has 0 fully saturated rings. The van der Waals surface area contributed by atoms with Gasteiger partial charge in [0.25, 0.3) is 0 Å². The zero-order valence-corrected chi connectivity index (χ0v) is 7.66. The van der Waals surface area contributed by atoms with E-state index in [2.05, 4.69) is 0 Å². The Morgan fingerprint density at radius 1 is 1.23 bits per heavy atom. The van der Waals surface area contributed by atoms with Crippen LogP contribution in [0.4, 0.5) is 5.13 Å². The molecule has 3 N–H and O–H groups in total. The third kappa shape index (κ3) is 1.36. The number of aromatic nitrogens is 1. The Kier molecular flexibility index (Phi) is 1.90. The highest BCUT2D eigenvalue weighted by molar-refractivity contribution is 7.13. The van der Waals surface area contributed by atoms with Crippen molar-refractivity contribution >= 4 is 16.5 Å². The van der Waals surface area contributed by atoms with Gasteiger partial charge in [-0.05, 0) is 4.73 Å². The average molecular weight is 193 g/mol. The van der Waals surface area contributed by atoms with Gasteiger partial charge in [-0.25, -0.2) is 0 Å². The lowest BCUT2D eigenvalue weighted by atomic mass is 10.2. The van der Waals surface area contributed by atoms with Crippen LogP contribution in [0.3, 0.4) is 0 Å². The highest BCUT2D eigenvalue weighted by Crippen LogP contribution is 2.19. The summed E-state index contributed by atoms with van der Waals surface area (Å²) in [6.45, 7) is 0. The summed E-state index contributed by atoms with van der Waals surface area (Å²) >= 11 is 1.32. The van der Waals surface area contributed by atoms with Crippen molar-refractivity contribution in [2.24, 2.45) is 0 Å². The maximum Gasteiger partial charge on any atom is 0.371 e. The van der Waals surface area contributed by atoms with Crippen LogP contribution < -0.4 is 10.5 Å². The number of rotatable bonds is 1. The summed E-state index contributed by atoms with van der Waals surface area (Å²) in [5, 5.41) is 11.7. The second-order valence-corrected chi connectivity index (χ2v) is 3.53. The fourth-order valence-corrected chi connectivity index (χ4v) is 1.80. The van der Waals surface area contributed by atoms with E-state index in [1.807, 2.05) is 35.7 Å². The maximum atomic E-state index is 9.49. The molecular weight excluding hydrogens is 184 g/mol. The Morgan fingerprint density at radius 2 is 1.92 bits per heavy atom. The molecule has 2 rings (SSSR count). The molecule has 0 atom stereocenters. The minimum absolute atomic E-state index is 0.388. The van der Waals surface area contributed by atoms with Gasteiger partial charge in [0.15, 0.2) is 5.69 Å². The van der Waals surface area contributed by atoms with Crippen LogP contribution in [0.2, 0.25) is 0 Å². The Morgan fingerprint density at radius 3 is 2.46 bits per heavy atom. The first-order valence-electron chi connectivity index (χ1n) is 3.83. The van der Waals surface area contributed by atoms with E-state index in [1.165, 1.54) is 11.3 Å². The lowest BCUT2D eigenvalue weighted by Crippen LogP contribution is -2.32. The van der Waals surface area contributed by atoms with Gasteiger partial charge >= 0.3 is 5.13 Å². The van der Waals surface area contributed by atoms with E-state index in [0.717, 1.165) is 16.0 Å². The molecule has 0 saturated carbocycles.